The Morgan fingerprint density at radius 2 is 1.78 bits per heavy atom. The Morgan fingerprint density at radius 1 is 1.07 bits per heavy atom. The van der Waals surface area contributed by atoms with Crippen LogP contribution in [0.2, 0.25) is 5.02 Å². The van der Waals surface area contributed by atoms with Crippen LogP contribution in [0.4, 0.5) is 10.1 Å². The number of ether oxygens (including phenoxy) is 3. The van der Waals surface area contributed by atoms with Gasteiger partial charge in [-0.25, -0.2) is 9.18 Å². The molecule has 0 radical (unpaired) electrons. The third-order valence-corrected chi connectivity index (χ3v) is 3.51. The zero-order chi connectivity index (χ0) is 19.6. The molecule has 0 heterocycles. The van der Waals surface area contributed by atoms with E-state index in [1.807, 2.05) is 6.92 Å². The van der Waals surface area contributed by atoms with Crippen LogP contribution in [0.1, 0.15) is 13.3 Å². The molecule has 0 aliphatic heterocycles. The van der Waals surface area contributed by atoms with Gasteiger partial charge in [-0.05, 0) is 36.8 Å². The number of rotatable bonds is 9. The van der Waals surface area contributed by atoms with Crippen molar-refractivity contribution in [1.82, 2.24) is 0 Å². The zero-order valence-electron chi connectivity index (χ0n) is 14.7. The fraction of sp³-hybridized carbons (Fsp3) is 0.263. The summed E-state index contributed by atoms with van der Waals surface area (Å²) in [6.07, 6.45) is 0.838. The lowest BCUT2D eigenvalue weighted by Crippen LogP contribution is -2.23. The Morgan fingerprint density at radius 3 is 2.44 bits per heavy atom. The predicted octanol–water partition coefficient (Wildman–Crippen LogP) is 3.83. The van der Waals surface area contributed by atoms with Crippen molar-refractivity contribution in [3.05, 3.63) is 53.3 Å². The zero-order valence-corrected chi connectivity index (χ0v) is 15.4. The summed E-state index contributed by atoms with van der Waals surface area (Å²) in [7, 11) is 0. The summed E-state index contributed by atoms with van der Waals surface area (Å²) in [6, 6.07) is 10.7. The van der Waals surface area contributed by atoms with E-state index in [2.05, 4.69) is 5.32 Å². The quantitative estimate of drug-likeness (QED) is 0.653. The van der Waals surface area contributed by atoms with Crippen LogP contribution in [0, 0.1) is 5.82 Å². The highest BCUT2D eigenvalue weighted by Crippen LogP contribution is 2.26. The lowest BCUT2D eigenvalue weighted by molar-refractivity contribution is -0.149. The van der Waals surface area contributed by atoms with Crippen LogP contribution < -0.4 is 14.8 Å². The maximum Gasteiger partial charge on any atom is 0.344 e. The molecule has 2 aromatic carbocycles. The fourth-order valence-corrected chi connectivity index (χ4v) is 2.18. The van der Waals surface area contributed by atoms with Gasteiger partial charge >= 0.3 is 5.97 Å². The first kappa shape index (κ1) is 20.5. The van der Waals surface area contributed by atoms with Gasteiger partial charge in [-0.2, -0.15) is 0 Å². The molecule has 27 heavy (non-hydrogen) atoms. The normalized spacial score (nSPS) is 10.2. The van der Waals surface area contributed by atoms with Crippen molar-refractivity contribution in [2.45, 2.75) is 13.3 Å². The van der Waals surface area contributed by atoms with Gasteiger partial charge in [0.2, 0.25) is 0 Å². The number of carbonyl (C=O) groups excluding carboxylic acids is 2. The summed E-state index contributed by atoms with van der Waals surface area (Å²) in [5, 5.41) is 2.32. The minimum atomic E-state index is -0.715. The van der Waals surface area contributed by atoms with Crippen LogP contribution in [-0.2, 0) is 14.3 Å². The van der Waals surface area contributed by atoms with Gasteiger partial charge < -0.3 is 19.5 Å². The van der Waals surface area contributed by atoms with Crippen LogP contribution >= 0.6 is 11.6 Å². The number of para-hydroxylation sites is 2. The van der Waals surface area contributed by atoms with Crippen LogP contribution in [0.25, 0.3) is 0 Å². The highest BCUT2D eigenvalue weighted by atomic mass is 35.5. The molecule has 0 unspecified atom stereocenters. The smallest absolute Gasteiger partial charge is 0.344 e. The number of hydrogen-bond acceptors (Lipinski definition) is 5. The number of esters is 1. The lowest BCUT2D eigenvalue weighted by atomic mass is 10.3. The molecule has 0 saturated carbocycles. The van der Waals surface area contributed by atoms with Gasteiger partial charge in [-0.1, -0.05) is 30.7 Å². The Balaban J connectivity index is 1.77. The molecule has 0 saturated heterocycles. The van der Waals surface area contributed by atoms with Crippen molar-refractivity contribution in [1.29, 1.82) is 0 Å². The van der Waals surface area contributed by atoms with E-state index < -0.39 is 24.3 Å². The number of halogens is 2. The second-order valence-corrected chi connectivity index (χ2v) is 5.83. The van der Waals surface area contributed by atoms with Gasteiger partial charge in [0.05, 0.1) is 11.6 Å². The molecule has 0 bridgehead atoms. The molecule has 2 rings (SSSR count). The van der Waals surface area contributed by atoms with E-state index in [1.165, 1.54) is 12.1 Å². The SMILES string of the molecule is CCCOc1ccccc1OCC(=O)OCC(=O)Nc1ccc(F)c(Cl)c1. The molecule has 8 heteroatoms. The molecule has 0 aliphatic rings. The first-order valence-corrected chi connectivity index (χ1v) is 8.62. The number of amides is 1. The Kier molecular flexibility index (Phi) is 7.88. The van der Waals surface area contributed by atoms with Crippen molar-refractivity contribution in [3.8, 4) is 11.5 Å². The Bertz CT molecular complexity index is 799. The Labute approximate surface area is 161 Å². The fourth-order valence-electron chi connectivity index (χ4n) is 2.00. The van der Waals surface area contributed by atoms with Gasteiger partial charge in [-0.15, -0.1) is 0 Å². The molecule has 1 amide bonds. The summed E-state index contributed by atoms with van der Waals surface area (Å²) in [5.41, 5.74) is 0.292. The van der Waals surface area contributed by atoms with Gasteiger partial charge in [-0.3, -0.25) is 4.79 Å². The molecule has 144 valence electrons. The summed E-state index contributed by atoms with van der Waals surface area (Å²) >= 11 is 5.63. The van der Waals surface area contributed by atoms with Crippen LogP contribution in [-0.4, -0.2) is 31.7 Å². The first-order valence-electron chi connectivity index (χ1n) is 8.24. The molecule has 0 fully saturated rings. The van der Waals surface area contributed by atoms with Crippen molar-refractivity contribution >= 4 is 29.2 Å². The molecule has 2 aromatic rings. The van der Waals surface area contributed by atoms with Crippen molar-refractivity contribution in [2.24, 2.45) is 0 Å². The van der Waals surface area contributed by atoms with E-state index in [1.54, 1.807) is 24.3 Å². The number of benzene rings is 2. The highest BCUT2D eigenvalue weighted by Gasteiger charge is 2.11. The van der Waals surface area contributed by atoms with E-state index in [0.29, 0.717) is 23.8 Å². The molecule has 0 aromatic heterocycles. The maximum atomic E-state index is 13.1. The third-order valence-electron chi connectivity index (χ3n) is 3.22. The second-order valence-electron chi connectivity index (χ2n) is 5.42. The lowest BCUT2D eigenvalue weighted by Gasteiger charge is -2.12. The van der Waals surface area contributed by atoms with E-state index in [0.717, 1.165) is 12.5 Å². The first-order chi connectivity index (χ1) is 13.0. The molecule has 1 N–H and O–H groups in total. The number of carbonyl (C=O) groups is 2. The predicted molar refractivity (Wildman–Crippen MR) is 98.7 cm³/mol. The van der Waals surface area contributed by atoms with Gasteiger partial charge in [0.25, 0.3) is 5.91 Å². The molecular formula is C19H19ClFNO5. The van der Waals surface area contributed by atoms with Crippen molar-refractivity contribution < 1.29 is 28.2 Å². The Hall–Kier alpha value is -2.80. The minimum absolute atomic E-state index is 0.123. The van der Waals surface area contributed by atoms with E-state index in [9.17, 15) is 14.0 Å². The third kappa shape index (κ3) is 6.79. The van der Waals surface area contributed by atoms with Crippen LogP contribution in [0.3, 0.4) is 0 Å². The monoisotopic (exact) mass is 395 g/mol. The van der Waals surface area contributed by atoms with E-state index in [4.69, 9.17) is 25.8 Å². The maximum absolute atomic E-state index is 13.1. The molecule has 6 nitrogen and oxygen atoms in total. The summed E-state index contributed by atoms with van der Waals surface area (Å²) in [5.74, 6) is -0.960. The highest BCUT2D eigenvalue weighted by molar-refractivity contribution is 6.31. The average Bonchev–Trinajstić information content (AvgIpc) is 2.66. The van der Waals surface area contributed by atoms with E-state index >= 15 is 0 Å². The topological polar surface area (TPSA) is 73.9 Å². The van der Waals surface area contributed by atoms with Crippen molar-refractivity contribution in [3.63, 3.8) is 0 Å². The largest absolute Gasteiger partial charge is 0.490 e. The second kappa shape index (κ2) is 10.4. The van der Waals surface area contributed by atoms with Gasteiger partial charge in [0.1, 0.15) is 5.82 Å². The minimum Gasteiger partial charge on any atom is -0.490 e. The van der Waals surface area contributed by atoms with Crippen LogP contribution in [0.15, 0.2) is 42.5 Å². The average molecular weight is 396 g/mol. The number of nitrogens with one attached hydrogen (secondary N) is 1. The standard InChI is InChI=1S/C19H19ClFNO5/c1-2-9-25-16-5-3-4-6-17(16)26-12-19(24)27-11-18(23)22-13-7-8-15(21)14(20)10-13/h3-8,10H,2,9,11-12H2,1H3,(H,22,23). The molecular weight excluding hydrogens is 377 g/mol. The molecule has 0 atom stereocenters. The summed E-state index contributed by atoms with van der Waals surface area (Å²) in [6.45, 7) is 1.62. The van der Waals surface area contributed by atoms with Crippen molar-refractivity contribution in [2.75, 3.05) is 25.1 Å². The number of anilines is 1. The summed E-state index contributed by atoms with van der Waals surface area (Å²) < 4.78 is 28.8. The van der Waals surface area contributed by atoms with Gasteiger partial charge in [0.15, 0.2) is 24.7 Å². The van der Waals surface area contributed by atoms with E-state index in [-0.39, 0.29) is 11.6 Å². The summed E-state index contributed by atoms with van der Waals surface area (Å²) in [4.78, 5) is 23.5. The molecule has 0 aliphatic carbocycles. The van der Waals surface area contributed by atoms with Crippen LogP contribution in [0.5, 0.6) is 11.5 Å². The van der Waals surface area contributed by atoms with Gasteiger partial charge in [0, 0.05) is 5.69 Å². The number of hydrogen-bond donors (Lipinski definition) is 1. The molecule has 0 spiro atoms.